The summed E-state index contributed by atoms with van der Waals surface area (Å²) in [5.74, 6) is -0.223. The minimum Gasteiger partial charge on any atom is -0.382 e. The summed E-state index contributed by atoms with van der Waals surface area (Å²) in [6, 6.07) is 0. The number of carbonyl (C=O) groups is 1. The van der Waals surface area contributed by atoms with E-state index in [9.17, 15) is 9.36 Å². The summed E-state index contributed by atoms with van der Waals surface area (Å²) in [7, 11) is -2.13. The first-order valence-electron chi connectivity index (χ1n) is 10.2. The van der Waals surface area contributed by atoms with Crippen LogP contribution in [0.25, 0.3) is 0 Å². The fraction of sp³-hybridized carbons (Fsp3) is 0.947. The van der Waals surface area contributed by atoms with Gasteiger partial charge in [0.1, 0.15) is 6.61 Å². The van der Waals surface area contributed by atoms with Crippen molar-refractivity contribution in [3.8, 4) is 0 Å². The molecule has 1 atom stereocenters. The predicted molar refractivity (Wildman–Crippen MR) is 109 cm³/mol. The Hall–Kier alpha value is 0.644. The first-order chi connectivity index (χ1) is 13.0. The molecule has 1 radical (unpaired) electrons. The SMILES string of the molecule is CCOCCCC(CCCOCC)(CCCOCC)NC(=O)CO[PH](C)=O.[Y]. The normalized spacial score (nSPS) is 12.4. The van der Waals surface area contributed by atoms with Crippen LogP contribution in [0.3, 0.4) is 0 Å². The Morgan fingerprint density at radius 1 is 0.857 bits per heavy atom. The van der Waals surface area contributed by atoms with Crippen molar-refractivity contribution in [2.24, 2.45) is 0 Å². The monoisotopic (exact) mass is 498 g/mol. The molecule has 0 saturated carbocycles. The molecule has 0 spiro atoms. The molecular weight excluding hydrogens is 458 g/mol. The van der Waals surface area contributed by atoms with Crippen molar-refractivity contribution >= 4 is 13.9 Å². The summed E-state index contributed by atoms with van der Waals surface area (Å²) in [5, 5.41) is 3.16. The van der Waals surface area contributed by atoms with Crippen molar-refractivity contribution in [3.05, 3.63) is 0 Å². The maximum absolute atomic E-state index is 12.4. The molecule has 1 unspecified atom stereocenters. The molecule has 1 N–H and O–H groups in total. The summed E-state index contributed by atoms with van der Waals surface area (Å²) in [6.45, 7) is 11.3. The average Bonchev–Trinajstić information content (AvgIpc) is 2.64. The molecule has 28 heavy (non-hydrogen) atoms. The molecule has 0 aliphatic carbocycles. The number of ether oxygens (including phenoxy) is 3. The average molecular weight is 498 g/mol. The summed E-state index contributed by atoms with van der Waals surface area (Å²) in [6.07, 6.45) is 5.04. The third-order valence-electron chi connectivity index (χ3n) is 4.26. The van der Waals surface area contributed by atoms with Crippen LogP contribution < -0.4 is 5.32 Å². The number of hydrogen-bond acceptors (Lipinski definition) is 6. The number of rotatable bonds is 19. The summed E-state index contributed by atoms with van der Waals surface area (Å²) in [5.41, 5.74) is -0.352. The summed E-state index contributed by atoms with van der Waals surface area (Å²) >= 11 is 0. The van der Waals surface area contributed by atoms with Crippen molar-refractivity contribution < 1.29 is 60.8 Å². The van der Waals surface area contributed by atoms with Gasteiger partial charge in [-0.25, -0.2) is 0 Å². The number of amides is 1. The fourth-order valence-electron chi connectivity index (χ4n) is 3.03. The van der Waals surface area contributed by atoms with Gasteiger partial charge in [0.25, 0.3) is 0 Å². The maximum Gasteiger partial charge on any atom is 0.246 e. The van der Waals surface area contributed by atoms with Crippen LogP contribution in [0.1, 0.15) is 59.3 Å². The molecular formula is C19H40NO6PY. The molecule has 0 fully saturated rings. The second kappa shape index (κ2) is 20.9. The van der Waals surface area contributed by atoms with Gasteiger partial charge in [0.2, 0.25) is 5.91 Å². The van der Waals surface area contributed by atoms with Gasteiger partial charge in [-0.15, -0.1) is 0 Å². The Labute approximate surface area is 197 Å². The van der Waals surface area contributed by atoms with Gasteiger partial charge in [-0.3, -0.25) is 9.36 Å². The summed E-state index contributed by atoms with van der Waals surface area (Å²) < 4.78 is 32.6. The molecule has 0 aliphatic rings. The van der Waals surface area contributed by atoms with Crippen molar-refractivity contribution in [1.82, 2.24) is 5.32 Å². The van der Waals surface area contributed by atoms with E-state index in [4.69, 9.17) is 18.7 Å². The standard InChI is InChI=1S/C19H40NO6P.Y/c1-5-23-14-8-11-19(12-9-15-24-6-2,13-10-16-25-7-3)20-18(21)17-26-27(4)22;/h27H,5-17H2,1-4H3,(H,20,21);. The van der Waals surface area contributed by atoms with Gasteiger partial charge >= 0.3 is 0 Å². The number of carbonyl (C=O) groups excluding carboxylic acids is 1. The van der Waals surface area contributed by atoms with E-state index in [1.54, 1.807) is 0 Å². The van der Waals surface area contributed by atoms with Crippen LogP contribution in [0.5, 0.6) is 0 Å². The maximum atomic E-state index is 12.4. The fourth-order valence-corrected chi connectivity index (χ4v) is 3.37. The first-order valence-corrected chi connectivity index (χ1v) is 12.0. The first kappa shape index (κ1) is 30.8. The largest absolute Gasteiger partial charge is 0.382 e. The van der Waals surface area contributed by atoms with Crippen LogP contribution in [-0.2, 0) is 60.8 Å². The molecule has 9 heteroatoms. The van der Waals surface area contributed by atoms with Gasteiger partial charge in [-0.1, -0.05) is 0 Å². The minimum absolute atomic E-state index is 0. The zero-order valence-electron chi connectivity index (χ0n) is 18.2. The molecule has 0 bridgehead atoms. The van der Waals surface area contributed by atoms with Gasteiger partial charge in [-0.2, -0.15) is 0 Å². The zero-order valence-corrected chi connectivity index (χ0v) is 22.1. The molecule has 0 aromatic rings. The number of hydrogen-bond donors (Lipinski definition) is 1. The third-order valence-corrected chi connectivity index (χ3v) is 4.81. The van der Waals surface area contributed by atoms with Crippen molar-refractivity contribution in [2.45, 2.75) is 64.8 Å². The van der Waals surface area contributed by atoms with E-state index in [2.05, 4.69) is 5.32 Å². The van der Waals surface area contributed by atoms with Crippen molar-refractivity contribution in [1.29, 1.82) is 0 Å². The Morgan fingerprint density at radius 3 is 1.57 bits per heavy atom. The van der Waals surface area contributed by atoms with Crippen LogP contribution in [-0.4, -0.2) is 64.4 Å². The molecule has 7 nitrogen and oxygen atoms in total. The molecule has 0 rings (SSSR count). The second-order valence-electron chi connectivity index (χ2n) is 6.51. The Bertz CT molecular complexity index is 369. The van der Waals surface area contributed by atoms with Crippen molar-refractivity contribution in [2.75, 3.05) is 52.9 Å². The van der Waals surface area contributed by atoms with E-state index in [0.29, 0.717) is 39.6 Å². The molecule has 0 aliphatic heterocycles. The van der Waals surface area contributed by atoms with E-state index >= 15 is 0 Å². The second-order valence-corrected chi connectivity index (χ2v) is 7.78. The summed E-state index contributed by atoms with van der Waals surface area (Å²) in [4.78, 5) is 12.4. The molecule has 1 amide bonds. The van der Waals surface area contributed by atoms with Gasteiger partial charge in [0.15, 0.2) is 8.03 Å². The van der Waals surface area contributed by atoms with Gasteiger partial charge in [0, 0.05) is 84.6 Å². The molecule has 0 heterocycles. The zero-order chi connectivity index (χ0) is 20.4. The number of nitrogens with one attached hydrogen (secondary N) is 1. The van der Waals surface area contributed by atoms with Gasteiger partial charge < -0.3 is 24.1 Å². The van der Waals surface area contributed by atoms with E-state index in [-0.39, 0.29) is 50.8 Å². The molecule has 165 valence electrons. The van der Waals surface area contributed by atoms with E-state index in [1.165, 1.54) is 6.66 Å². The minimum atomic E-state index is -2.13. The van der Waals surface area contributed by atoms with E-state index in [1.807, 2.05) is 20.8 Å². The smallest absolute Gasteiger partial charge is 0.246 e. The third kappa shape index (κ3) is 17.5. The Morgan fingerprint density at radius 2 is 1.25 bits per heavy atom. The van der Waals surface area contributed by atoms with Crippen LogP contribution in [0.15, 0.2) is 0 Å². The van der Waals surface area contributed by atoms with Gasteiger partial charge in [0.05, 0.1) is 0 Å². The Balaban J connectivity index is 0. The Kier molecular flexibility index (Phi) is 23.0. The van der Waals surface area contributed by atoms with E-state index in [0.717, 1.165) is 38.5 Å². The van der Waals surface area contributed by atoms with Crippen molar-refractivity contribution in [3.63, 3.8) is 0 Å². The van der Waals surface area contributed by atoms with E-state index < -0.39 is 8.03 Å². The molecule has 0 aromatic carbocycles. The van der Waals surface area contributed by atoms with Crippen LogP contribution >= 0.6 is 8.03 Å². The van der Waals surface area contributed by atoms with Crippen LogP contribution in [0, 0.1) is 0 Å². The van der Waals surface area contributed by atoms with Crippen LogP contribution in [0.4, 0.5) is 0 Å². The van der Waals surface area contributed by atoms with Crippen LogP contribution in [0.2, 0.25) is 0 Å². The van der Waals surface area contributed by atoms with Gasteiger partial charge in [-0.05, 0) is 59.3 Å². The molecule has 0 aromatic heterocycles. The topological polar surface area (TPSA) is 83.1 Å². The molecule has 0 saturated heterocycles. The quantitative estimate of drug-likeness (QED) is 0.217. The predicted octanol–water partition coefficient (Wildman–Crippen LogP) is 3.41.